The Bertz CT molecular complexity index is 725. The third-order valence-corrected chi connectivity index (χ3v) is 3.85. The van der Waals surface area contributed by atoms with Gasteiger partial charge in [-0.15, -0.1) is 13.2 Å². The second-order valence-electron chi connectivity index (χ2n) is 5.68. The number of hydrogen-bond donors (Lipinski definition) is 0. The molecule has 2 aromatic rings. The van der Waals surface area contributed by atoms with Crippen molar-refractivity contribution in [2.75, 3.05) is 0 Å². The van der Waals surface area contributed by atoms with E-state index in [2.05, 4.69) is 13.2 Å². The van der Waals surface area contributed by atoms with E-state index in [1.165, 1.54) is 0 Å². The van der Waals surface area contributed by atoms with E-state index in [0.29, 0.717) is 12.8 Å². The molecule has 0 amide bonds. The first-order valence-electron chi connectivity index (χ1n) is 8.35. The summed E-state index contributed by atoms with van der Waals surface area (Å²) in [6.07, 6.45) is 4.88. The largest absolute Gasteiger partial charge is 0.452 e. The summed E-state index contributed by atoms with van der Waals surface area (Å²) in [6, 6.07) is 15.1. The maximum atomic E-state index is 11.9. The van der Waals surface area contributed by atoms with Crippen molar-refractivity contribution < 1.29 is 19.1 Å². The molecule has 0 bridgehead atoms. The van der Waals surface area contributed by atoms with E-state index >= 15 is 0 Å². The lowest BCUT2D eigenvalue weighted by Gasteiger charge is -2.10. The number of rotatable bonds is 8. The fourth-order valence-corrected chi connectivity index (χ4v) is 2.51. The predicted molar refractivity (Wildman–Crippen MR) is 100 cm³/mol. The molecule has 2 rings (SSSR count). The standard InChI is InChI=1S/C22H22O4/c1-3-9-17-11-5-7-13-19(17)15-25-21(23)22(24)26-16-20-14-8-6-12-18(20)10-4-2/h3-8,11-14H,1-2,9-10,15-16H2. The van der Waals surface area contributed by atoms with Gasteiger partial charge >= 0.3 is 11.9 Å². The van der Waals surface area contributed by atoms with Crippen molar-refractivity contribution in [3.05, 3.63) is 96.1 Å². The number of allylic oxidation sites excluding steroid dienone is 2. The molecular formula is C22H22O4. The molecule has 0 fully saturated rings. The van der Waals surface area contributed by atoms with Gasteiger partial charge < -0.3 is 9.47 Å². The quantitative estimate of drug-likeness (QED) is 0.411. The summed E-state index contributed by atoms with van der Waals surface area (Å²) in [5.41, 5.74) is 3.68. The molecule has 0 unspecified atom stereocenters. The van der Waals surface area contributed by atoms with E-state index in [-0.39, 0.29) is 13.2 Å². The van der Waals surface area contributed by atoms with Crippen LogP contribution in [0.4, 0.5) is 0 Å². The molecule has 0 aliphatic rings. The Morgan fingerprint density at radius 3 is 1.38 bits per heavy atom. The summed E-state index contributed by atoms with van der Waals surface area (Å²) in [6.45, 7) is 7.45. The van der Waals surface area contributed by atoms with Gasteiger partial charge in [-0.1, -0.05) is 60.7 Å². The number of esters is 2. The van der Waals surface area contributed by atoms with Crippen molar-refractivity contribution in [1.29, 1.82) is 0 Å². The van der Waals surface area contributed by atoms with Crippen LogP contribution in [-0.2, 0) is 45.1 Å². The number of benzene rings is 2. The lowest BCUT2D eigenvalue weighted by molar-refractivity contribution is -0.169. The highest BCUT2D eigenvalue weighted by molar-refractivity contribution is 6.29. The van der Waals surface area contributed by atoms with Gasteiger partial charge in [0.15, 0.2) is 0 Å². The minimum absolute atomic E-state index is 0.0188. The van der Waals surface area contributed by atoms with Crippen LogP contribution in [0.3, 0.4) is 0 Å². The van der Waals surface area contributed by atoms with Gasteiger partial charge in [-0.25, -0.2) is 9.59 Å². The van der Waals surface area contributed by atoms with E-state index in [1.807, 2.05) is 48.5 Å². The highest BCUT2D eigenvalue weighted by atomic mass is 16.6. The van der Waals surface area contributed by atoms with Gasteiger partial charge in [-0.3, -0.25) is 0 Å². The lowest BCUT2D eigenvalue weighted by Crippen LogP contribution is -2.20. The Hall–Kier alpha value is -3.14. The van der Waals surface area contributed by atoms with Crippen LogP contribution in [0.25, 0.3) is 0 Å². The van der Waals surface area contributed by atoms with Crippen LogP contribution in [0.15, 0.2) is 73.8 Å². The SMILES string of the molecule is C=CCc1ccccc1COC(=O)C(=O)OCc1ccccc1CC=C. The molecule has 0 N–H and O–H groups in total. The fourth-order valence-electron chi connectivity index (χ4n) is 2.51. The average molecular weight is 350 g/mol. The molecular weight excluding hydrogens is 328 g/mol. The molecule has 26 heavy (non-hydrogen) atoms. The second-order valence-corrected chi connectivity index (χ2v) is 5.68. The molecule has 0 saturated carbocycles. The van der Waals surface area contributed by atoms with Crippen LogP contribution in [0, 0.1) is 0 Å². The molecule has 134 valence electrons. The third-order valence-electron chi connectivity index (χ3n) is 3.85. The normalized spacial score (nSPS) is 10.0. The summed E-state index contributed by atoms with van der Waals surface area (Å²) in [4.78, 5) is 23.8. The van der Waals surface area contributed by atoms with E-state index < -0.39 is 11.9 Å². The van der Waals surface area contributed by atoms with Crippen LogP contribution in [0.5, 0.6) is 0 Å². The maximum absolute atomic E-state index is 11.9. The van der Waals surface area contributed by atoms with Crippen molar-refractivity contribution in [3.63, 3.8) is 0 Å². The Labute approximate surface area is 153 Å². The summed E-state index contributed by atoms with van der Waals surface area (Å²) in [5.74, 6) is -2.00. The topological polar surface area (TPSA) is 52.6 Å². The number of hydrogen-bond acceptors (Lipinski definition) is 4. The van der Waals surface area contributed by atoms with Crippen LogP contribution in [-0.4, -0.2) is 11.9 Å². The maximum Gasteiger partial charge on any atom is 0.417 e. The van der Waals surface area contributed by atoms with Gasteiger partial charge in [0.05, 0.1) is 0 Å². The van der Waals surface area contributed by atoms with Gasteiger partial charge in [0, 0.05) is 0 Å². The first kappa shape index (κ1) is 19.2. The molecule has 0 heterocycles. The number of ether oxygens (including phenoxy) is 2. The molecule has 0 saturated heterocycles. The molecule has 0 aliphatic carbocycles. The second kappa shape index (κ2) is 9.99. The Balaban J connectivity index is 1.90. The Morgan fingerprint density at radius 2 is 1.04 bits per heavy atom. The van der Waals surface area contributed by atoms with Crippen molar-refractivity contribution in [1.82, 2.24) is 0 Å². The lowest BCUT2D eigenvalue weighted by atomic mass is 10.1. The molecule has 0 atom stereocenters. The highest BCUT2D eigenvalue weighted by Gasteiger charge is 2.18. The van der Waals surface area contributed by atoms with Crippen molar-refractivity contribution >= 4 is 11.9 Å². The minimum Gasteiger partial charge on any atom is -0.452 e. The van der Waals surface area contributed by atoms with Crippen molar-refractivity contribution in [3.8, 4) is 0 Å². The van der Waals surface area contributed by atoms with Gasteiger partial charge in [0.25, 0.3) is 0 Å². The van der Waals surface area contributed by atoms with Gasteiger partial charge in [0.1, 0.15) is 13.2 Å². The Kier molecular flexibility index (Phi) is 7.37. The predicted octanol–water partition coefficient (Wildman–Crippen LogP) is 3.93. The Morgan fingerprint density at radius 1 is 0.692 bits per heavy atom. The molecule has 0 aliphatic heterocycles. The fraction of sp³-hybridized carbons (Fsp3) is 0.182. The zero-order valence-electron chi connectivity index (χ0n) is 14.6. The van der Waals surface area contributed by atoms with Gasteiger partial charge in [0.2, 0.25) is 0 Å². The first-order valence-corrected chi connectivity index (χ1v) is 8.35. The van der Waals surface area contributed by atoms with E-state index in [9.17, 15) is 9.59 Å². The third kappa shape index (κ3) is 5.45. The summed E-state index contributed by atoms with van der Waals surface area (Å²) >= 11 is 0. The smallest absolute Gasteiger partial charge is 0.417 e. The van der Waals surface area contributed by atoms with Crippen LogP contribution < -0.4 is 0 Å². The molecule has 4 heteroatoms. The van der Waals surface area contributed by atoms with Crippen LogP contribution >= 0.6 is 0 Å². The zero-order valence-corrected chi connectivity index (χ0v) is 14.6. The summed E-state index contributed by atoms with van der Waals surface area (Å²) in [5, 5.41) is 0. The monoisotopic (exact) mass is 350 g/mol. The van der Waals surface area contributed by atoms with Gasteiger partial charge in [-0.05, 0) is 35.1 Å². The highest BCUT2D eigenvalue weighted by Crippen LogP contribution is 2.13. The molecule has 4 nitrogen and oxygen atoms in total. The van der Waals surface area contributed by atoms with Crippen molar-refractivity contribution in [2.24, 2.45) is 0 Å². The molecule has 0 aromatic heterocycles. The van der Waals surface area contributed by atoms with Crippen LogP contribution in [0.1, 0.15) is 22.3 Å². The summed E-state index contributed by atoms with van der Waals surface area (Å²) in [7, 11) is 0. The average Bonchev–Trinajstić information content (AvgIpc) is 2.66. The van der Waals surface area contributed by atoms with Gasteiger partial charge in [-0.2, -0.15) is 0 Å². The molecule has 2 aromatic carbocycles. The van der Waals surface area contributed by atoms with E-state index in [0.717, 1.165) is 22.3 Å². The van der Waals surface area contributed by atoms with E-state index in [4.69, 9.17) is 9.47 Å². The van der Waals surface area contributed by atoms with Crippen molar-refractivity contribution in [2.45, 2.75) is 26.1 Å². The number of carbonyl (C=O) groups is 2. The molecule has 0 radical (unpaired) electrons. The number of carbonyl (C=O) groups excluding carboxylic acids is 2. The van der Waals surface area contributed by atoms with E-state index in [1.54, 1.807) is 12.2 Å². The summed E-state index contributed by atoms with van der Waals surface area (Å²) < 4.78 is 10.2. The zero-order chi connectivity index (χ0) is 18.8. The molecule has 0 spiro atoms. The first-order chi connectivity index (χ1) is 12.7. The minimum atomic E-state index is -1.00. The van der Waals surface area contributed by atoms with Crippen LogP contribution in [0.2, 0.25) is 0 Å².